The van der Waals surface area contributed by atoms with Crippen LogP contribution in [0.5, 0.6) is 5.75 Å². The lowest BCUT2D eigenvalue weighted by atomic mass is 9.96. The lowest BCUT2D eigenvalue weighted by molar-refractivity contribution is -0.384. The van der Waals surface area contributed by atoms with Crippen molar-refractivity contribution in [2.75, 3.05) is 91.9 Å². The monoisotopic (exact) mass is 1360 g/mol. The van der Waals surface area contributed by atoms with Crippen LogP contribution in [0.1, 0.15) is 315 Å². The van der Waals surface area contributed by atoms with Gasteiger partial charge in [-0.15, -0.1) is 0 Å². The summed E-state index contributed by atoms with van der Waals surface area (Å²) in [5.41, 5.74) is -0.0827. The van der Waals surface area contributed by atoms with Crippen molar-refractivity contribution in [3.05, 3.63) is 34.4 Å². The number of aliphatic hydroxyl groups is 1. The number of likely N-dealkylation sites (N-methyl/N-ethyl adjacent to an activating group) is 2. The van der Waals surface area contributed by atoms with Crippen molar-refractivity contribution in [3.63, 3.8) is 0 Å². The third-order valence-corrected chi connectivity index (χ3v) is 18.3. The minimum atomic E-state index is -0.841. The number of esters is 2. The van der Waals surface area contributed by atoms with E-state index in [0.29, 0.717) is 95.2 Å². The molecule has 1 aromatic rings. The molecule has 0 aliphatic carbocycles. The highest BCUT2D eigenvalue weighted by Crippen LogP contribution is 2.24. The quantitative estimate of drug-likeness (QED) is 0.0161. The number of benzene rings is 1. The Morgan fingerprint density at radius 1 is 0.427 bits per heavy atom. The van der Waals surface area contributed by atoms with Gasteiger partial charge in [-0.1, -0.05) is 198 Å². The Morgan fingerprint density at radius 3 is 1.16 bits per heavy atom. The first-order valence-corrected chi connectivity index (χ1v) is 39.2. The molecule has 18 heteroatoms. The SMILES string of the molecule is CCCCCCCC(CCCC(=O)OCC(CCCC)CCCCCC)OC(=O)OCCN(CCN(CC)CC)C(C)C.CCCCCCCC(CCCC(=O)OCC(CCCC)CCCCCC)OC(=O)Oc1ccc([N+](=O)[O-])cc1.CCN(CC)CCN(CCO)C(C)C. The van der Waals surface area contributed by atoms with E-state index in [2.05, 4.69) is 117 Å². The molecule has 0 aliphatic heterocycles. The predicted octanol–water partition coefficient (Wildman–Crippen LogP) is 19.8. The van der Waals surface area contributed by atoms with E-state index in [-0.39, 0.29) is 42.2 Å². The molecule has 1 rings (SSSR count). The largest absolute Gasteiger partial charge is 0.514 e. The average Bonchev–Trinajstić information content (AvgIpc) is 1.42. The van der Waals surface area contributed by atoms with Crippen molar-refractivity contribution in [1.29, 1.82) is 0 Å². The molecule has 0 saturated carbocycles. The molecule has 0 bridgehead atoms. The fraction of sp³-hybridized carbons (Fsp3) is 0.872. The molecule has 0 heterocycles. The summed E-state index contributed by atoms with van der Waals surface area (Å²) in [5, 5.41) is 19.7. The first-order valence-electron chi connectivity index (χ1n) is 39.2. The Bertz CT molecular complexity index is 1940. The van der Waals surface area contributed by atoms with E-state index in [0.717, 1.165) is 142 Å². The van der Waals surface area contributed by atoms with Gasteiger partial charge in [0, 0.05) is 76.3 Å². The van der Waals surface area contributed by atoms with Gasteiger partial charge in [0.25, 0.3) is 5.69 Å². The molecule has 0 aliphatic rings. The Morgan fingerprint density at radius 2 is 0.781 bits per heavy atom. The number of nitro groups is 1. The lowest BCUT2D eigenvalue weighted by Gasteiger charge is -2.29. The third-order valence-electron chi connectivity index (χ3n) is 18.3. The molecule has 0 saturated heterocycles. The molecule has 564 valence electrons. The smallest absolute Gasteiger partial charge is 0.465 e. The van der Waals surface area contributed by atoms with E-state index in [9.17, 15) is 29.3 Å². The number of unbranched alkanes of at least 4 members (excludes halogenated alkanes) is 16. The van der Waals surface area contributed by atoms with E-state index in [4.69, 9.17) is 33.5 Å². The van der Waals surface area contributed by atoms with E-state index in [1.165, 1.54) is 114 Å². The van der Waals surface area contributed by atoms with Crippen LogP contribution in [-0.2, 0) is 33.3 Å². The second-order valence-electron chi connectivity index (χ2n) is 27.0. The average molecular weight is 1370 g/mol. The standard InChI is InChI=1S/C36H72N2O5.C31H51NO7.C11H26N2O/c1-8-13-16-18-20-24-34(43-36(40)41-30-29-38(32(6)7)28-27-37(11-4)12-5)25-21-26-35(39)42-31-33(22-15-10-3)23-19-17-14-9-2;1-4-7-10-12-14-18-28(38-31(34)39-29-23-21-27(22-24-29)32(35)36)19-15-20-30(33)37-25-26(16-9-6-3)17-13-11-8-5-2;1-5-12(6-2)7-8-13(9-10-14)11(3)4/h32-34H,8-31H2,1-7H3;21-24,26,28H,4-20,25H2,1-3H3;11,14H,5-10H2,1-4H3. The van der Waals surface area contributed by atoms with Gasteiger partial charge in [-0.3, -0.25) is 29.5 Å². The second kappa shape index (κ2) is 66.8. The third kappa shape index (κ3) is 55.7. The van der Waals surface area contributed by atoms with Gasteiger partial charge in [-0.2, -0.15) is 0 Å². The van der Waals surface area contributed by atoms with Crippen molar-refractivity contribution < 1.29 is 57.6 Å². The summed E-state index contributed by atoms with van der Waals surface area (Å²) in [6.07, 6.45) is 32.9. The van der Waals surface area contributed by atoms with Crippen molar-refractivity contribution in [1.82, 2.24) is 19.6 Å². The minimum Gasteiger partial charge on any atom is -0.465 e. The Kier molecular flexibility index (Phi) is 65.3. The van der Waals surface area contributed by atoms with Gasteiger partial charge in [0.05, 0.1) is 24.7 Å². The summed E-state index contributed by atoms with van der Waals surface area (Å²) in [4.78, 5) is 69.8. The highest BCUT2D eigenvalue weighted by Gasteiger charge is 2.22. The number of nitro benzene ring substituents is 1. The Balaban J connectivity index is 0. The highest BCUT2D eigenvalue weighted by atomic mass is 16.7. The zero-order chi connectivity index (χ0) is 71.8. The van der Waals surface area contributed by atoms with Crippen LogP contribution in [0.4, 0.5) is 15.3 Å². The van der Waals surface area contributed by atoms with Crippen molar-refractivity contribution >= 4 is 29.9 Å². The fourth-order valence-electron chi connectivity index (χ4n) is 11.6. The van der Waals surface area contributed by atoms with Crippen LogP contribution in [0, 0.1) is 22.0 Å². The van der Waals surface area contributed by atoms with Gasteiger partial charge in [-0.05, 0) is 155 Å². The molecule has 96 heavy (non-hydrogen) atoms. The van der Waals surface area contributed by atoms with E-state index < -0.39 is 17.2 Å². The second-order valence-corrected chi connectivity index (χ2v) is 27.0. The van der Waals surface area contributed by atoms with Crippen molar-refractivity contribution in [2.24, 2.45) is 11.8 Å². The minimum absolute atomic E-state index is 0.0827. The Hall–Kier alpha value is -4.10. The molecule has 0 radical (unpaired) electrons. The number of nitrogens with zero attached hydrogens (tertiary/aromatic N) is 5. The summed E-state index contributed by atoms with van der Waals surface area (Å²) in [7, 11) is 0. The van der Waals surface area contributed by atoms with Crippen LogP contribution < -0.4 is 4.74 Å². The zero-order valence-corrected chi connectivity index (χ0v) is 64.3. The van der Waals surface area contributed by atoms with E-state index >= 15 is 0 Å². The number of hydrogen-bond acceptors (Lipinski definition) is 17. The summed E-state index contributed by atoms with van der Waals surface area (Å²) in [6, 6.07) is 6.19. The number of non-ortho nitro benzene ring substituents is 1. The number of carbonyl (C=O) groups excluding carboxylic acids is 4. The summed E-state index contributed by atoms with van der Waals surface area (Å²) >= 11 is 0. The molecular formula is C78H149N5O13. The molecule has 0 spiro atoms. The van der Waals surface area contributed by atoms with Crippen LogP contribution in [-0.4, -0.2) is 170 Å². The van der Waals surface area contributed by atoms with Crippen molar-refractivity contribution in [3.8, 4) is 5.75 Å². The van der Waals surface area contributed by atoms with Crippen LogP contribution in [0.3, 0.4) is 0 Å². The number of aliphatic hydroxyl groups excluding tert-OH is 1. The van der Waals surface area contributed by atoms with Gasteiger partial charge >= 0.3 is 24.2 Å². The predicted molar refractivity (Wildman–Crippen MR) is 396 cm³/mol. The maximum absolute atomic E-state index is 12.6. The molecule has 18 nitrogen and oxygen atoms in total. The number of ether oxygens (including phenoxy) is 6. The molecule has 0 fully saturated rings. The van der Waals surface area contributed by atoms with Gasteiger partial charge in [0.2, 0.25) is 0 Å². The van der Waals surface area contributed by atoms with Gasteiger partial charge in [-0.25, -0.2) is 9.59 Å². The summed E-state index contributed by atoms with van der Waals surface area (Å²) in [6.45, 7) is 42.2. The van der Waals surface area contributed by atoms with Crippen LogP contribution in [0.25, 0.3) is 0 Å². The lowest BCUT2D eigenvalue weighted by Crippen LogP contribution is -2.40. The zero-order valence-electron chi connectivity index (χ0n) is 64.3. The molecule has 4 atom stereocenters. The van der Waals surface area contributed by atoms with Crippen molar-refractivity contribution in [2.45, 2.75) is 340 Å². The first kappa shape index (κ1) is 94.0. The normalized spacial score (nSPS) is 12.7. The number of hydrogen-bond donors (Lipinski definition) is 1. The van der Waals surface area contributed by atoms with Crippen LogP contribution in [0.2, 0.25) is 0 Å². The van der Waals surface area contributed by atoms with Gasteiger partial charge in [0.15, 0.2) is 0 Å². The maximum Gasteiger partial charge on any atom is 0.514 e. The number of carbonyl (C=O) groups is 4. The molecule has 1 aromatic carbocycles. The van der Waals surface area contributed by atoms with Crippen LogP contribution >= 0.6 is 0 Å². The Labute approximate surface area is 588 Å². The number of rotatable bonds is 61. The van der Waals surface area contributed by atoms with E-state index in [1.54, 1.807) is 0 Å². The van der Waals surface area contributed by atoms with Crippen LogP contribution in [0.15, 0.2) is 24.3 Å². The molecule has 4 unspecified atom stereocenters. The first-order chi connectivity index (χ1) is 46.3. The molecule has 0 amide bonds. The topological polar surface area (TPSA) is 200 Å². The van der Waals surface area contributed by atoms with Gasteiger partial charge in [0.1, 0.15) is 24.6 Å². The van der Waals surface area contributed by atoms with E-state index in [1.807, 2.05) is 0 Å². The summed E-state index contributed by atoms with van der Waals surface area (Å²) in [5.74, 6) is 0.763. The molecule has 0 aromatic heterocycles. The summed E-state index contributed by atoms with van der Waals surface area (Å²) < 4.78 is 33.4. The highest BCUT2D eigenvalue weighted by molar-refractivity contribution is 5.69. The molecular weight excluding hydrogens is 1210 g/mol. The van der Waals surface area contributed by atoms with Gasteiger partial charge < -0.3 is 43.3 Å². The molecule has 1 N–H and O–H groups in total. The maximum atomic E-state index is 12.6. The fourth-order valence-corrected chi connectivity index (χ4v) is 11.6.